The van der Waals surface area contributed by atoms with Crippen molar-refractivity contribution in [1.29, 1.82) is 0 Å². The Kier molecular flexibility index (Phi) is 8.15. The van der Waals surface area contributed by atoms with Gasteiger partial charge in [0.15, 0.2) is 5.96 Å². The van der Waals surface area contributed by atoms with Gasteiger partial charge in [0, 0.05) is 39.8 Å². The Bertz CT molecular complexity index is 558. The lowest BCUT2D eigenvalue weighted by atomic mass is 10.1. The largest absolute Gasteiger partial charge is 0.379 e. The normalized spacial score (nSPS) is 17.4. The second kappa shape index (κ2) is 10.4. The molecule has 2 N–H and O–H groups in total. The summed E-state index contributed by atoms with van der Waals surface area (Å²) in [5.74, 6) is 1.17. The lowest BCUT2D eigenvalue weighted by Crippen LogP contribution is -2.44. The Morgan fingerprint density at radius 2 is 2.08 bits per heavy atom. The van der Waals surface area contributed by atoms with Crippen molar-refractivity contribution in [2.24, 2.45) is 10.9 Å². The van der Waals surface area contributed by atoms with Crippen molar-refractivity contribution in [2.75, 3.05) is 53.0 Å². The molecule has 6 heteroatoms. The summed E-state index contributed by atoms with van der Waals surface area (Å²) in [5, 5.41) is 6.72. The van der Waals surface area contributed by atoms with E-state index < -0.39 is 0 Å². The first-order valence-corrected chi connectivity index (χ1v) is 9.08. The van der Waals surface area contributed by atoms with Crippen LogP contribution in [-0.4, -0.2) is 63.8 Å². The van der Waals surface area contributed by atoms with E-state index in [1.807, 2.05) is 13.0 Å². The van der Waals surface area contributed by atoms with Gasteiger partial charge in [-0.05, 0) is 42.5 Å². The first kappa shape index (κ1) is 19.7. The molecule has 1 aromatic carbocycles. The molecule has 0 radical (unpaired) electrons. The number of halogens is 1. The molecule has 1 aliphatic rings. The van der Waals surface area contributed by atoms with E-state index >= 15 is 0 Å². The molecule has 0 aliphatic carbocycles. The summed E-state index contributed by atoms with van der Waals surface area (Å²) in [7, 11) is 1.78. The fourth-order valence-electron chi connectivity index (χ4n) is 3.04. The number of guanidine groups is 1. The lowest BCUT2D eigenvalue weighted by Gasteiger charge is -2.29. The summed E-state index contributed by atoms with van der Waals surface area (Å²) in [4.78, 5) is 6.72. The number of hydrogen-bond acceptors (Lipinski definition) is 3. The second-order valence-corrected chi connectivity index (χ2v) is 6.72. The maximum atomic E-state index is 13.1. The summed E-state index contributed by atoms with van der Waals surface area (Å²) in [6, 6.07) is 4.95. The van der Waals surface area contributed by atoms with Gasteiger partial charge >= 0.3 is 0 Å². The molecular weight excluding hydrogens is 319 g/mol. The van der Waals surface area contributed by atoms with Gasteiger partial charge in [0.1, 0.15) is 5.82 Å². The smallest absolute Gasteiger partial charge is 0.190 e. The van der Waals surface area contributed by atoms with Crippen molar-refractivity contribution >= 4 is 5.96 Å². The van der Waals surface area contributed by atoms with Gasteiger partial charge in [0.2, 0.25) is 0 Å². The second-order valence-electron chi connectivity index (χ2n) is 6.72. The molecule has 1 heterocycles. The molecule has 25 heavy (non-hydrogen) atoms. The standard InChI is InChI=1S/C19H31FN4O/c1-15(14-24-8-10-25-11-9-24)13-23-19(21-3)22-7-6-17-4-5-18(20)12-16(17)2/h4-5,12,15H,6-11,13-14H2,1-3H3,(H2,21,22,23). The van der Waals surface area contributed by atoms with Gasteiger partial charge in [-0.25, -0.2) is 4.39 Å². The van der Waals surface area contributed by atoms with Crippen molar-refractivity contribution in [2.45, 2.75) is 20.3 Å². The monoisotopic (exact) mass is 350 g/mol. The van der Waals surface area contributed by atoms with Gasteiger partial charge < -0.3 is 15.4 Å². The number of rotatable bonds is 7. The highest BCUT2D eigenvalue weighted by Gasteiger charge is 2.13. The fraction of sp³-hybridized carbons (Fsp3) is 0.632. The number of aryl methyl sites for hydroxylation is 1. The van der Waals surface area contributed by atoms with Gasteiger partial charge in [-0.3, -0.25) is 9.89 Å². The van der Waals surface area contributed by atoms with Gasteiger partial charge in [-0.1, -0.05) is 13.0 Å². The zero-order chi connectivity index (χ0) is 18.1. The molecule has 1 saturated heterocycles. The summed E-state index contributed by atoms with van der Waals surface area (Å²) >= 11 is 0. The van der Waals surface area contributed by atoms with E-state index in [0.29, 0.717) is 5.92 Å². The van der Waals surface area contributed by atoms with Crippen LogP contribution in [0.4, 0.5) is 4.39 Å². The quantitative estimate of drug-likeness (QED) is 0.582. The Labute approximate surface area is 150 Å². The lowest BCUT2D eigenvalue weighted by molar-refractivity contribution is 0.0320. The van der Waals surface area contributed by atoms with Gasteiger partial charge in [-0.2, -0.15) is 0 Å². The number of benzene rings is 1. The summed E-state index contributed by atoms with van der Waals surface area (Å²) < 4.78 is 18.5. The van der Waals surface area contributed by atoms with Crippen LogP contribution in [0.1, 0.15) is 18.1 Å². The first-order valence-electron chi connectivity index (χ1n) is 9.08. The maximum absolute atomic E-state index is 13.1. The molecule has 1 aliphatic heterocycles. The van der Waals surface area contributed by atoms with E-state index in [9.17, 15) is 4.39 Å². The third-order valence-electron chi connectivity index (χ3n) is 4.51. The minimum atomic E-state index is -0.180. The number of morpholine rings is 1. The van der Waals surface area contributed by atoms with Crippen LogP contribution in [0.15, 0.2) is 23.2 Å². The minimum absolute atomic E-state index is 0.180. The minimum Gasteiger partial charge on any atom is -0.379 e. The fourth-order valence-corrected chi connectivity index (χ4v) is 3.04. The molecule has 0 amide bonds. The molecule has 0 saturated carbocycles. The number of aliphatic imine (C=N–C) groups is 1. The zero-order valence-electron chi connectivity index (χ0n) is 15.6. The van der Waals surface area contributed by atoms with Crippen LogP contribution in [0.3, 0.4) is 0 Å². The van der Waals surface area contributed by atoms with Crippen LogP contribution in [-0.2, 0) is 11.2 Å². The Morgan fingerprint density at radius 3 is 2.76 bits per heavy atom. The van der Waals surface area contributed by atoms with Crippen molar-refractivity contribution in [3.63, 3.8) is 0 Å². The highest BCUT2D eigenvalue weighted by molar-refractivity contribution is 5.79. The summed E-state index contributed by atoms with van der Waals surface area (Å²) in [5.41, 5.74) is 2.15. The van der Waals surface area contributed by atoms with E-state index in [-0.39, 0.29) is 5.82 Å². The molecule has 5 nitrogen and oxygen atoms in total. The molecule has 0 bridgehead atoms. The van der Waals surface area contributed by atoms with Gasteiger partial charge in [-0.15, -0.1) is 0 Å². The SMILES string of the molecule is CN=C(NCCc1ccc(F)cc1C)NCC(C)CN1CCOCC1. The number of nitrogens with zero attached hydrogens (tertiary/aromatic N) is 2. The zero-order valence-corrected chi connectivity index (χ0v) is 15.6. The van der Waals surface area contributed by atoms with E-state index in [1.165, 1.54) is 6.07 Å². The predicted octanol–water partition coefficient (Wildman–Crippen LogP) is 1.81. The van der Waals surface area contributed by atoms with Crippen LogP contribution < -0.4 is 10.6 Å². The van der Waals surface area contributed by atoms with Crippen LogP contribution in [0.5, 0.6) is 0 Å². The molecule has 140 valence electrons. The molecule has 1 aromatic rings. The number of ether oxygens (including phenoxy) is 1. The van der Waals surface area contributed by atoms with Crippen LogP contribution in [0.25, 0.3) is 0 Å². The highest BCUT2D eigenvalue weighted by atomic mass is 19.1. The van der Waals surface area contributed by atoms with Crippen molar-refractivity contribution in [3.05, 3.63) is 35.1 Å². The predicted molar refractivity (Wildman–Crippen MR) is 101 cm³/mol. The third-order valence-corrected chi connectivity index (χ3v) is 4.51. The maximum Gasteiger partial charge on any atom is 0.190 e. The van der Waals surface area contributed by atoms with E-state index in [2.05, 4.69) is 27.4 Å². The van der Waals surface area contributed by atoms with Crippen LogP contribution in [0, 0.1) is 18.7 Å². The van der Waals surface area contributed by atoms with Crippen LogP contribution >= 0.6 is 0 Å². The van der Waals surface area contributed by atoms with Crippen molar-refractivity contribution in [1.82, 2.24) is 15.5 Å². The number of hydrogen-bond donors (Lipinski definition) is 2. The van der Waals surface area contributed by atoms with E-state index in [0.717, 1.165) is 69.4 Å². The molecule has 1 atom stereocenters. The third kappa shape index (κ3) is 7.00. The number of nitrogens with one attached hydrogen (secondary N) is 2. The van der Waals surface area contributed by atoms with Gasteiger partial charge in [0.05, 0.1) is 13.2 Å². The molecule has 2 rings (SSSR count). The van der Waals surface area contributed by atoms with Gasteiger partial charge in [0.25, 0.3) is 0 Å². The summed E-state index contributed by atoms with van der Waals surface area (Å²) in [6.07, 6.45) is 0.843. The average molecular weight is 350 g/mol. The van der Waals surface area contributed by atoms with Crippen molar-refractivity contribution in [3.8, 4) is 0 Å². The molecule has 1 fully saturated rings. The Balaban J connectivity index is 1.67. The summed E-state index contributed by atoms with van der Waals surface area (Å²) in [6.45, 7) is 10.6. The molecule has 0 spiro atoms. The molecular formula is C19H31FN4O. The Morgan fingerprint density at radius 1 is 1.32 bits per heavy atom. The van der Waals surface area contributed by atoms with E-state index in [4.69, 9.17) is 4.74 Å². The molecule has 1 unspecified atom stereocenters. The first-order chi connectivity index (χ1) is 12.1. The van der Waals surface area contributed by atoms with Crippen molar-refractivity contribution < 1.29 is 9.13 Å². The average Bonchev–Trinajstić information content (AvgIpc) is 2.60. The molecule has 0 aromatic heterocycles. The van der Waals surface area contributed by atoms with E-state index in [1.54, 1.807) is 13.1 Å². The Hall–Kier alpha value is -1.66. The highest BCUT2D eigenvalue weighted by Crippen LogP contribution is 2.10. The topological polar surface area (TPSA) is 48.9 Å². The van der Waals surface area contributed by atoms with Crippen LogP contribution in [0.2, 0.25) is 0 Å².